The first kappa shape index (κ1) is 33.2. The van der Waals surface area contributed by atoms with Gasteiger partial charge in [-0.25, -0.2) is 9.97 Å². The summed E-state index contributed by atoms with van der Waals surface area (Å²) in [7, 11) is 0. The number of hydrogen-bond acceptors (Lipinski definition) is 4. The number of nitrogens with zero attached hydrogens (tertiary/aromatic N) is 4. The average Bonchev–Trinajstić information content (AvgIpc) is 3.65. The Labute approximate surface area is 340 Å². The summed E-state index contributed by atoms with van der Waals surface area (Å²) in [6.07, 6.45) is 0. The van der Waals surface area contributed by atoms with Gasteiger partial charge in [-0.05, 0) is 87.6 Å². The highest BCUT2D eigenvalue weighted by molar-refractivity contribution is 6.21. The van der Waals surface area contributed by atoms with Gasteiger partial charge < -0.3 is 9.64 Å². The van der Waals surface area contributed by atoms with Crippen molar-refractivity contribution >= 4 is 60.5 Å². The van der Waals surface area contributed by atoms with Gasteiger partial charge in [-0.15, -0.1) is 0 Å². The van der Waals surface area contributed by atoms with Gasteiger partial charge >= 0.3 is 0 Å². The molecule has 276 valence electrons. The van der Waals surface area contributed by atoms with Gasteiger partial charge in [0.2, 0.25) is 5.95 Å². The van der Waals surface area contributed by atoms with E-state index in [9.17, 15) is 0 Å². The van der Waals surface area contributed by atoms with Crippen molar-refractivity contribution in [1.82, 2.24) is 14.5 Å². The third-order valence-corrected chi connectivity index (χ3v) is 11.6. The Balaban J connectivity index is 1.07. The maximum absolute atomic E-state index is 6.50. The lowest BCUT2D eigenvalue weighted by Gasteiger charge is -2.33. The van der Waals surface area contributed by atoms with Crippen LogP contribution in [0.4, 0.5) is 17.1 Å². The van der Waals surface area contributed by atoms with Crippen LogP contribution >= 0.6 is 0 Å². The average molecular weight is 755 g/mol. The minimum Gasteiger partial charge on any atom is -0.453 e. The molecule has 12 rings (SSSR count). The van der Waals surface area contributed by atoms with E-state index in [0.717, 1.165) is 78.3 Å². The van der Waals surface area contributed by atoms with Crippen LogP contribution in [-0.2, 0) is 0 Å². The highest BCUT2D eigenvalue weighted by atomic mass is 16.5. The maximum Gasteiger partial charge on any atom is 0.235 e. The zero-order chi connectivity index (χ0) is 38.9. The van der Waals surface area contributed by atoms with E-state index in [2.05, 4.69) is 198 Å². The van der Waals surface area contributed by atoms with Crippen LogP contribution in [0.2, 0.25) is 0 Å². The summed E-state index contributed by atoms with van der Waals surface area (Å²) >= 11 is 0. The van der Waals surface area contributed by atoms with Crippen LogP contribution in [-0.4, -0.2) is 14.5 Å². The fourth-order valence-electron chi connectivity index (χ4n) is 8.81. The molecule has 0 bridgehead atoms. The van der Waals surface area contributed by atoms with Gasteiger partial charge in [-0.3, -0.25) is 4.57 Å². The Kier molecular flexibility index (Phi) is 7.47. The van der Waals surface area contributed by atoms with E-state index < -0.39 is 0 Å². The minimum atomic E-state index is 0.629. The van der Waals surface area contributed by atoms with Crippen molar-refractivity contribution in [3.63, 3.8) is 0 Å². The molecule has 1 aliphatic heterocycles. The van der Waals surface area contributed by atoms with Crippen molar-refractivity contribution in [2.75, 3.05) is 4.90 Å². The molecular weight excluding hydrogens is 721 g/mol. The quantitative estimate of drug-likeness (QED) is 0.175. The molecule has 59 heavy (non-hydrogen) atoms. The first-order chi connectivity index (χ1) is 29.2. The number of hydrogen-bond donors (Lipinski definition) is 0. The lowest BCUT2D eigenvalue weighted by molar-refractivity contribution is 0.477. The lowest BCUT2D eigenvalue weighted by Crippen LogP contribution is -2.15. The van der Waals surface area contributed by atoms with Crippen molar-refractivity contribution in [3.05, 3.63) is 206 Å². The van der Waals surface area contributed by atoms with Crippen molar-refractivity contribution in [2.24, 2.45) is 0 Å². The number of ether oxygens (including phenoxy) is 1. The molecule has 0 unspecified atom stereocenters. The Hall–Kier alpha value is -8.02. The fraction of sp³-hybridized carbons (Fsp3) is 0. The summed E-state index contributed by atoms with van der Waals surface area (Å²) in [6.45, 7) is 0. The molecule has 3 heterocycles. The number of rotatable bonds is 5. The third-order valence-electron chi connectivity index (χ3n) is 11.6. The van der Waals surface area contributed by atoms with Crippen molar-refractivity contribution < 1.29 is 4.74 Å². The second-order valence-electron chi connectivity index (χ2n) is 15.0. The van der Waals surface area contributed by atoms with Gasteiger partial charge in [0.25, 0.3) is 0 Å². The molecule has 0 spiro atoms. The topological polar surface area (TPSA) is 43.2 Å². The van der Waals surface area contributed by atoms with E-state index in [1.807, 2.05) is 18.2 Å². The number of anilines is 3. The Morgan fingerprint density at radius 3 is 1.90 bits per heavy atom. The van der Waals surface area contributed by atoms with E-state index in [1.54, 1.807) is 0 Å². The van der Waals surface area contributed by atoms with Gasteiger partial charge in [0.1, 0.15) is 0 Å². The summed E-state index contributed by atoms with van der Waals surface area (Å²) in [5.41, 5.74) is 12.5. The van der Waals surface area contributed by atoms with Crippen LogP contribution in [0.1, 0.15) is 0 Å². The number of aromatic nitrogens is 3. The summed E-state index contributed by atoms with van der Waals surface area (Å²) in [5.74, 6) is 2.27. The number of benzene rings is 9. The molecule has 0 atom stereocenters. The first-order valence-electron chi connectivity index (χ1n) is 19.9. The smallest absolute Gasteiger partial charge is 0.235 e. The minimum absolute atomic E-state index is 0.629. The van der Waals surface area contributed by atoms with Crippen LogP contribution in [0, 0.1) is 0 Å². The molecule has 0 amide bonds. The zero-order valence-corrected chi connectivity index (χ0v) is 31.8. The molecule has 11 aromatic rings. The van der Waals surface area contributed by atoms with Crippen molar-refractivity contribution in [1.29, 1.82) is 0 Å². The van der Waals surface area contributed by atoms with Crippen LogP contribution in [0.25, 0.3) is 82.9 Å². The van der Waals surface area contributed by atoms with E-state index in [0.29, 0.717) is 5.95 Å². The molecular formula is C54H34N4O. The summed E-state index contributed by atoms with van der Waals surface area (Å²) in [5, 5.41) is 5.73. The number of fused-ring (bicyclic) bond motifs is 8. The van der Waals surface area contributed by atoms with Gasteiger partial charge in [-0.2, -0.15) is 0 Å². The Morgan fingerprint density at radius 2 is 1.03 bits per heavy atom. The number of para-hydroxylation sites is 4. The third kappa shape index (κ3) is 5.40. The first-order valence-corrected chi connectivity index (χ1v) is 19.9. The molecule has 0 N–H and O–H groups in total. The lowest BCUT2D eigenvalue weighted by atomic mass is 9.99. The van der Waals surface area contributed by atoms with Crippen molar-refractivity contribution in [2.45, 2.75) is 0 Å². The standard InChI is InChI=1S/C54H34N4O/c1-3-13-35(14-4-1)36-23-25-38(26-24-36)53-43-19-9-10-20-45(43)55-54(56-53)58-47-31-28-37-15-7-8-18-42(37)52(47)44-30-27-39(33-48(44)58)40-29-32-51-49(34-40)57(41-16-5-2-6-17-41)46-21-11-12-22-50(46)59-51/h1-34H. The second-order valence-corrected chi connectivity index (χ2v) is 15.0. The van der Waals surface area contributed by atoms with Gasteiger partial charge in [0.15, 0.2) is 11.5 Å². The maximum atomic E-state index is 6.50. The monoisotopic (exact) mass is 754 g/mol. The Morgan fingerprint density at radius 1 is 0.390 bits per heavy atom. The molecule has 0 saturated carbocycles. The molecule has 5 nitrogen and oxygen atoms in total. The van der Waals surface area contributed by atoms with E-state index in [1.165, 1.54) is 27.3 Å². The van der Waals surface area contributed by atoms with E-state index in [-0.39, 0.29) is 0 Å². The van der Waals surface area contributed by atoms with Crippen LogP contribution in [0.3, 0.4) is 0 Å². The predicted molar refractivity (Wildman–Crippen MR) is 242 cm³/mol. The highest BCUT2D eigenvalue weighted by Gasteiger charge is 2.26. The predicted octanol–water partition coefficient (Wildman–Crippen LogP) is 14.5. The van der Waals surface area contributed by atoms with Crippen LogP contribution in [0.15, 0.2) is 206 Å². The van der Waals surface area contributed by atoms with E-state index >= 15 is 0 Å². The molecule has 0 saturated heterocycles. The largest absolute Gasteiger partial charge is 0.453 e. The summed E-state index contributed by atoms with van der Waals surface area (Å²) in [6, 6.07) is 72.6. The molecule has 2 aromatic heterocycles. The SMILES string of the molecule is c1ccc(-c2ccc(-c3nc(-n4c5cc(-c6ccc7c(c6)N(c6ccccc6)c6ccccc6O7)ccc5c5c6ccccc6ccc54)nc4ccccc34)cc2)cc1. The summed E-state index contributed by atoms with van der Waals surface area (Å²) in [4.78, 5) is 13.0. The molecule has 0 fully saturated rings. The molecule has 1 aliphatic rings. The van der Waals surface area contributed by atoms with Gasteiger partial charge in [0.05, 0.1) is 33.6 Å². The normalized spacial score (nSPS) is 12.2. The molecule has 0 aliphatic carbocycles. The molecule has 0 radical (unpaired) electrons. The Bertz CT molecular complexity index is 3410. The second kappa shape index (κ2) is 13.3. The fourth-order valence-corrected chi connectivity index (χ4v) is 8.81. The summed E-state index contributed by atoms with van der Waals surface area (Å²) < 4.78 is 8.75. The van der Waals surface area contributed by atoms with Crippen LogP contribution in [0.5, 0.6) is 11.5 Å². The van der Waals surface area contributed by atoms with E-state index in [4.69, 9.17) is 14.7 Å². The molecule has 9 aromatic carbocycles. The van der Waals surface area contributed by atoms with Crippen molar-refractivity contribution in [3.8, 4) is 51.0 Å². The van der Waals surface area contributed by atoms with Gasteiger partial charge in [0, 0.05) is 27.4 Å². The van der Waals surface area contributed by atoms with Crippen LogP contribution < -0.4 is 9.64 Å². The highest BCUT2D eigenvalue weighted by Crippen LogP contribution is 2.51. The molecule has 5 heteroatoms. The van der Waals surface area contributed by atoms with Gasteiger partial charge in [-0.1, -0.05) is 152 Å². The zero-order valence-electron chi connectivity index (χ0n) is 31.8.